The summed E-state index contributed by atoms with van der Waals surface area (Å²) in [6, 6.07) is -1.52. The van der Waals surface area contributed by atoms with Gasteiger partial charge in [0.2, 0.25) is 5.91 Å². The Balaban J connectivity index is 0.00000225. The molecule has 2 aliphatic rings. The number of nitrogens with zero attached hydrogens (tertiary/aromatic N) is 4. The maximum Gasteiger partial charge on any atom is 1.00 e. The number of aliphatic carboxylic acids is 1. The van der Waals surface area contributed by atoms with E-state index in [0.29, 0.717) is 6.42 Å². The Labute approximate surface area is 168 Å². The number of sulfone groups is 1. The summed E-state index contributed by atoms with van der Waals surface area (Å²) in [4.78, 5) is 24.3. The van der Waals surface area contributed by atoms with Crippen molar-refractivity contribution >= 4 is 21.7 Å². The second-order valence-electron chi connectivity index (χ2n) is 6.53. The number of carbonyl (C=O) groups is 2. The maximum absolute atomic E-state index is 12.8. The number of carboxylic acids is 1. The van der Waals surface area contributed by atoms with Gasteiger partial charge in [-0.2, -0.15) is 0 Å². The SMILES string of the molecule is CCCCc1cnnn1C[C@@]1(C)[C@H](C(=O)[O-])N2C(=O)C[C@H]2S1(=O)=O.[Na+]. The van der Waals surface area contributed by atoms with E-state index in [2.05, 4.69) is 10.3 Å². The Morgan fingerprint density at radius 3 is 2.72 bits per heavy atom. The van der Waals surface area contributed by atoms with Crippen LogP contribution in [0.25, 0.3) is 0 Å². The number of aromatic nitrogens is 3. The number of fused-ring (bicyclic) bond motifs is 1. The molecule has 0 unspecified atom stereocenters. The van der Waals surface area contributed by atoms with E-state index < -0.39 is 37.9 Å². The second kappa shape index (κ2) is 6.98. The molecule has 1 aromatic heterocycles. The van der Waals surface area contributed by atoms with Crippen LogP contribution >= 0.6 is 0 Å². The van der Waals surface area contributed by atoms with Crippen LogP contribution in [0.3, 0.4) is 0 Å². The number of hydrogen-bond donors (Lipinski definition) is 0. The summed E-state index contributed by atoms with van der Waals surface area (Å²) in [7, 11) is -3.87. The van der Waals surface area contributed by atoms with E-state index in [1.54, 1.807) is 6.20 Å². The first kappa shape index (κ1) is 20.3. The van der Waals surface area contributed by atoms with E-state index in [4.69, 9.17) is 0 Å². The van der Waals surface area contributed by atoms with Crippen molar-refractivity contribution < 1.29 is 52.7 Å². The molecule has 25 heavy (non-hydrogen) atoms. The molecule has 0 spiro atoms. The molecule has 3 atom stereocenters. The number of aryl methyl sites for hydroxylation is 1. The molecular weight excluding hydrogens is 359 g/mol. The third kappa shape index (κ3) is 2.92. The Hall–Kier alpha value is -0.970. The van der Waals surface area contributed by atoms with Crippen LogP contribution in [0.1, 0.15) is 38.8 Å². The molecule has 11 heteroatoms. The zero-order valence-electron chi connectivity index (χ0n) is 14.5. The van der Waals surface area contributed by atoms with Gasteiger partial charge in [0.25, 0.3) is 0 Å². The van der Waals surface area contributed by atoms with Gasteiger partial charge in [-0.25, -0.2) is 13.1 Å². The van der Waals surface area contributed by atoms with Gasteiger partial charge in [-0.05, 0) is 19.8 Å². The van der Waals surface area contributed by atoms with Crippen LogP contribution in [-0.2, 0) is 32.4 Å². The molecule has 0 bridgehead atoms. The molecule has 3 heterocycles. The molecule has 9 nitrogen and oxygen atoms in total. The summed E-state index contributed by atoms with van der Waals surface area (Å²) in [6.45, 7) is 3.20. The van der Waals surface area contributed by atoms with Crippen molar-refractivity contribution in [1.29, 1.82) is 0 Å². The number of rotatable bonds is 6. The summed E-state index contributed by atoms with van der Waals surface area (Å²) in [5, 5.41) is 18.2. The third-order valence-corrected chi connectivity index (χ3v) is 7.75. The zero-order chi connectivity index (χ0) is 17.7. The zero-order valence-corrected chi connectivity index (χ0v) is 17.3. The smallest absolute Gasteiger partial charge is 0.548 e. The van der Waals surface area contributed by atoms with Crippen LogP contribution in [0, 0.1) is 0 Å². The average Bonchev–Trinajstić information content (AvgIpc) is 2.98. The van der Waals surface area contributed by atoms with Gasteiger partial charge >= 0.3 is 29.6 Å². The summed E-state index contributed by atoms with van der Waals surface area (Å²) in [5.74, 6) is -2.04. The topological polar surface area (TPSA) is 125 Å². The van der Waals surface area contributed by atoms with Gasteiger partial charge < -0.3 is 14.8 Å². The van der Waals surface area contributed by atoms with Crippen LogP contribution < -0.4 is 34.7 Å². The molecule has 0 N–H and O–H groups in total. The van der Waals surface area contributed by atoms with Gasteiger partial charge in [0.1, 0.15) is 10.1 Å². The van der Waals surface area contributed by atoms with E-state index in [1.165, 1.54) is 11.6 Å². The Bertz CT molecular complexity index is 795. The van der Waals surface area contributed by atoms with Gasteiger partial charge in [-0.1, -0.05) is 18.6 Å². The predicted octanol–water partition coefficient (Wildman–Crippen LogP) is -4.51. The third-order valence-electron chi connectivity index (χ3n) is 4.98. The molecule has 1 aromatic rings. The normalized spacial score (nSPS) is 29.7. The first-order valence-corrected chi connectivity index (χ1v) is 9.41. The number of amides is 1. The van der Waals surface area contributed by atoms with Crippen molar-refractivity contribution in [3.63, 3.8) is 0 Å². The van der Waals surface area contributed by atoms with Crippen molar-refractivity contribution in [2.75, 3.05) is 0 Å². The van der Waals surface area contributed by atoms with Crippen LogP contribution in [-0.4, -0.2) is 56.4 Å². The van der Waals surface area contributed by atoms with Gasteiger partial charge in [0, 0.05) is 0 Å². The fourth-order valence-corrected chi connectivity index (χ4v) is 5.88. The van der Waals surface area contributed by atoms with Gasteiger partial charge in [-0.3, -0.25) is 4.79 Å². The molecular formula is C14H19N4NaO5S. The largest absolute Gasteiger partial charge is 1.00 e. The molecule has 2 aliphatic heterocycles. The van der Waals surface area contributed by atoms with Crippen molar-refractivity contribution in [2.24, 2.45) is 0 Å². The van der Waals surface area contributed by atoms with Crippen molar-refractivity contribution in [3.05, 3.63) is 11.9 Å². The predicted molar refractivity (Wildman–Crippen MR) is 80.0 cm³/mol. The van der Waals surface area contributed by atoms with Crippen molar-refractivity contribution in [1.82, 2.24) is 19.9 Å². The minimum atomic E-state index is -3.87. The van der Waals surface area contributed by atoms with E-state index in [0.717, 1.165) is 23.4 Å². The standard InChI is InChI=1S/C14H20N4O5S.Na/c1-3-4-5-9-7-15-16-17(9)8-14(2)12(13(20)21)18-10(19)6-11(18)24(14,22)23;/h7,11-12H,3-6,8H2,1-2H3,(H,20,21);/q;+1/p-1/t11-,12+,14+;/m1./s1. The van der Waals surface area contributed by atoms with E-state index in [-0.39, 0.29) is 42.5 Å². The van der Waals surface area contributed by atoms with Crippen LogP contribution in [0.15, 0.2) is 6.20 Å². The summed E-state index contributed by atoms with van der Waals surface area (Å²) >= 11 is 0. The molecule has 0 aromatic carbocycles. The quantitative estimate of drug-likeness (QED) is 0.361. The van der Waals surface area contributed by atoms with E-state index in [9.17, 15) is 23.1 Å². The van der Waals surface area contributed by atoms with Gasteiger partial charge in [0.15, 0.2) is 9.84 Å². The molecule has 1 amide bonds. The summed E-state index contributed by atoms with van der Waals surface area (Å²) < 4.78 is 25.4. The fourth-order valence-electron chi connectivity index (χ4n) is 3.53. The van der Waals surface area contributed by atoms with E-state index in [1.807, 2.05) is 6.92 Å². The molecule has 132 valence electrons. The number of carbonyl (C=O) groups excluding carboxylic acids is 2. The maximum atomic E-state index is 12.8. The second-order valence-corrected chi connectivity index (χ2v) is 9.09. The number of unbranched alkanes of at least 4 members (excludes halogenated alkanes) is 1. The van der Waals surface area contributed by atoms with Gasteiger partial charge in [0.05, 0.1) is 36.9 Å². The number of β-lactam (4-membered cyclic amide) rings is 1. The van der Waals surface area contributed by atoms with Gasteiger partial charge in [-0.15, -0.1) is 5.10 Å². The fraction of sp³-hybridized carbons (Fsp3) is 0.714. The minimum Gasteiger partial charge on any atom is -0.548 e. The molecule has 0 aliphatic carbocycles. The molecule has 0 radical (unpaired) electrons. The Morgan fingerprint density at radius 2 is 2.16 bits per heavy atom. The van der Waals surface area contributed by atoms with Crippen molar-refractivity contribution in [3.8, 4) is 0 Å². The Kier molecular flexibility index (Phi) is 5.68. The molecule has 2 saturated heterocycles. The average molecular weight is 378 g/mol. The van der Waals surface area contributed by atoms with E-state index >= 15 is 0 Å². The first-order valence-electron chi connectivity index (χ1n) is 7.87. The monoisotopic (exact) mass is 378 g/mol. The molecule has 3 rings (SSSR count). The van der Waals surface area contributed by atoms with Crippen LogP contribution in [0.4, 0.5) is 0 Å². The number of hydrogen-bond acceptors (Lipinski definition) is 7. The summed E-state index contributed by atoms with van der Waals surface area (Å²) in [6.07, 6.45) is 3.87. The minimum absolute atomic E-state index is 0. The van der Waals surface area contributed by atoms with Crippen LogP contribution in [0.2, 0.25) is 0 Å². The first-order chi connectivity index (χ1) is 11.2. The van der Waals surface area contributed by atoms with Crippen LogP contribution in [0.5, 0.6) is 0 Å². The molecule has 0 saturated carbocycles. The van der Waals surface area contributed by atoms with Crippen molar-refractivity contribution in [2.45, 2.75) is 62.2 Å². The molecule has 2 fully saturated rings. The number of carboxylic acid groups (broad SMARTS) is 1. The summed E-state index contributed by atoms with van der Waals surface area (Å²) in [5.41, 5.74) is 0.742. The Morgan fingerprint density at radius 1 is 1.48 bits per heavy atom.